The maximum Gasteiger partial charge on any atom is 0.325 e. The number of carbonyl (C=O) groups is 3. The van der Waals surface area contributed by atoms with Gasteiger partial charge in [0.25, 0.3) is 5.91 Å². The van der Waals surface area contributed by atoms with Crippen molar-refractivity contribution in [2.45, 2.75) is 70.9 Å². The van der Waals surface area contributed by atoms with Gasteiger partial charge in [0.15, 0.2) is 0 Å². The lowest BCUT2D eigenvalue weighted by molar-refractivity contribution is -0.135. The molecule has 6 heteroatoms. The van der Waals surface area contributed by atoms with Crippen molar-refractivity contribution in [3.05, 3.63) is 35.4 Å². The first-order valence-electron chi connectivity index (χ1n) is 10.4. The van der Waals surface area contributed by atoms with E-state index in [-0.39, 0.29) is 24.4 Å². The minimum absolute atomic E-state index is 0.125. The van der Waals surface area contributed by atoms with E-state index in [1.807, 2.05) is 24.3 Å². The molecule has 3 atom stereocenters. The van der Waals surface area contributed by atoms with Crippen LogP contribution in [0.15, 0.2) is 24.3 Å². The largest absolute Gasteiger partial charge is 0.352 e. The van der Waals surface area contributed by atoms with Crippen LogP contribution < -0.4 is 10.6 Å². The quantitative estimate of drug-likeness (QED) is 0.739. The number of imide groups is 1. The molecule has 3 rings (SSSR count). The van der Waals surface area contributed by atoms with Crippen molar-refractivity contribution in [3.63, 3.8) is 0 Å². The third kappa shape index (κ3) is 4.05. The van der Waals surface area contributed by atoms with Gasteiger partial charge >= 0.3 is 6.03 Å². The smallest absolute Gasteiger partial charge is 0.325 e. The van der Waals surface area contributed by atoms with Crippen molar-refractivity contribution in [1.82, 2.24) is 15.5 Å². The van der Waals surface area contributed by atoms with Crippen molar-refractivity contribution in [3.8, 4) is 0 Å². The molecule has 1 aromatic rings. The zero-order valence-corrected chi connectivity index (χ0v) is 17.1. The molecule has 1 saturated heterocycles. The molecule has 0 unspecified atom stereocenters. The number of benzene rings is 1. The third-order valence-electron chi connectivity index (χ3n) is 6.10. The topological polar surface area (TPSA) is 78.5 Å². The molecule has 2 fully saturated rings. The molecule has 0 spiro atoms. The number of aryl methyl sites for hydroxylation is 1. The number of hydrogen-bond acceptors (Lipinski definition) is 3. The Kier molecular flexibility index (Phi) is 6.06. The van der Waals surface area contributed by atoms with Crippen molar-refractivity contribution < 1.29 is 14.4 Å². The van der Waals surface area contributed by atoms with E-state index in [2.05, 4.69) is 24.5 Å². The Morgan fingerprint density at radius 3 is 2.54 bits per heavy atom. The highest BCUT2D eigenvalue weighted by Gasteiger charge is 2.49. The van der Waals surface area contributed by atoms with E-state index in [1.165, 1.54) is 12.0 Å². The molecule has 2 N–H and O–H groups in total. The van der Waals surface area contributed by atoms with Gasteiger partial charge in [0, 0.05) is 6.04 Å². The van der Waals surface area contributed by atoms with Gasteiger partial charge in [-0.3, -0.25) is 14.5 Å². The SMILES string of the molecule is CCCc1ccc([C@]2(C)NC(=O)N(CC(=O)N[C@@H]3CCCC[C@@H]3C)C2=O)cc1. The molecule has 152 valence electrons. The summed E-state index contributed by atoms with van der Waals surface area (Å²) >= 11 is 0. The van der Waals surface area contributed by atoms with Gasteiger partial charge < -0.3 is 10.6 Å². The molecule has 6 nitrogen and oxygen atoms in total. The summed E-state index contributed by atoms with van der Waals surface area (Å²) in [5.74, 6) is -0.231. The first-order chi connectivity index (χ1) is 13.3. The van der Waals surface area contributed by atoms with Crippen LogP contribution >= 0.6 is 0 Å². The molecule has 1 saturated carbocycles. The molecule has 1 aliphatic heterocycles. The zero-order valence-electron chi connectivity index (χ0n) is 17.1. The van der Waals surface area contributed by atoms with Crippen LogP contribution in [0.3, 0.4) is 0 Å². The van der Waals surface area contributed by atoms with Gasteiger partial charge in [0.1, 0.15) is 12.1 Å². The molecule has 0 radical (unpaired) electrons. The van der Waals surface area contributed by atoms with Crippen LogP contribution in [-0.2, 0) is 21.5 Å². The second-order valence-corrected chi connectivity index (χ2v) is 8.33. The summed E-state index contributed by atoms with van der Waals surface area (Å²) in [6.45, 7) is 5.71. The van der Waals surface area contributed by atoms with Crippen LogP contribution in [0.2, 0.25) is 0 Å². The summed E-state index contributed by atoms with van der Waals surface area (Å²) in [5.41, 5.74) is 0.791. The number of carbonyl (C=O) groups excluding carboxylic acids is 3. The van der Waals surface area contributed by atoms with Gasteiger partial charge in [-0.05, 0) is 43.2 Å². The summed E-state index contributed by atoms with van der Waals surface area (Å²) in [5, 5.41) is 5.79. The van der Waals surface area contributed by atoms with Crippen LogP contribution in [0.5, 0.6) is 0 Å². The van der Waals surface area contributed by atoms with Crippen LogP contribution in [0.4, 0.5) is 4.79 Å². The van der Waals surface area contributed by atoms with E-state index in [4.69, 9.17) is 0 Å². The minimum atomic E-state index is -1.14. The predicted octanol–water partition coefficient (Wildman–Crippen LogP) is 3.10. The molecular weight excluding hydrogens is 354 g/mol. The Morgan fingerprint density at radius 2 is 1.89 bits per heavy atom. The Balaban J connectivity index is 1.67. The first-order valence-corrected chi connectivity index (χ1v) is 10.4. The number of nitrogens with one attached hydrogen (secondary N) is 2. The van der Waals surface area contributed by atoms with Crippen LogP contribution in [-0.4, -0.2) is 35.3 Å². The molecule has 0 bridgehead atoms. The second-order valence-electron chi connectivity index (χ2n) is 8.33. The third-order valence-corrected chi connectivity index (χ3v) is 6.10. The fourth-order valence-electron chi connectivity index (χ4n) is 4.26. The maximum absolute atomic E-state index is 13.0. The minimum Gasteiger partial charge on any atom is -0.352 e. The lowest BCUT2D eigenvalue weighted by atomic mass is 9.86. The Hall–Kier alpha value is -2.37. The monoisotopic (exact) mass is 385 g/mol. The summed E-state index contributed by atoms with van der Waals surface area (Å²) in [6.07, 6.45) is 6.37. The summed E-state index contributed by atoms with van der Waals surface area (Å²) in [6, 6.07) is 7.36. The second kappa shape index (κ2) is 8.33. The maximum atomic E-state index is 13.0. The van der Waals surface area contributed by atoms with E-state index < -0.39 is 11.6 Å². The number of nitrogens with zero attached hydrogens (tertiary/aromatic N) is 1. The average molecular weight is 386 g/mol. The van der Waals surface area contributed by atoms with E-state index in [1.54, 1.807) is 6.92 Å². The summed E-state index contributed by atoms with van der Waals surface area (Å²) < 4.78 is 0. The van der Waals surface area contributed by atoms with Crippen molar-refractivity contribution in [2.24, 2.45) is 5.92 Å². The lowest BCUT2D eigenvalue weighted by Gasteiger charge is -2.30. The predicted molar refractivity (Wildman–Crippen MR) is 108 cm³/mol. The fraction of sp³-hybridized carbons (Fsp3) is 0.591. The highest BCUT2D eigenvalue weighted by Crippen LogP contribution is 2.29. The summed E-state index contributed by atoms with van der Waals surface area (Å²) in [7, 11) is 0. The lowest BCUT2D eigenvalue weighted by Crippen LogP contribution is -2.47. The number of urea groups is 1. The molecule has 4 amide bonds. The molecule has 1 aromatic carbocycles. The van der Waals surface area contributed by atoms with Crippen LogP contribution in [0.25, 0.3) is 0 Å². The summed E-state index contributed by atoms with van der Waals surface area (Å²) in [4.78, 5) is 39.0. The molecule has 28 heavy (non-hydrogen) atoms. The van der Waals surface area contributed by atoms with Crippen molar-refractivity contribution >= 4 is 17.8 Å². The van der Waals surface area contributed by atoms with Gasteiger partial charge in [-0.15, -0.1) is 0 Å². The fourth-order valence-corrected chi connectivity index (χ4v) is 4.26. The van der Waals surface area contributed by atoms with E-state index in [9.17, 15) is 14.4 Å². The van der Waals surface area contributed by atoms with Gasteiger partial charge in [-0.25, -0.2) is 4.79 Å². The number of hydrogen-bond donors (Lipinski definition) is 2. The van der Waals surface area contributed by atoms with E-state index in [0.29, 0.717) is 5.92 Å². The molecule has 1 aliphatic carbocycles. The van der Waals surface area contributed by atoms with Crippen LogP contribution in [0, 0.1) is 5.92 Å². The molecule has 0 aromatic heterocycles. The van der Waals surface area contributed by atoms with Crippen LogP contribution in [0.1, 0.15) is 64.0 Å². The number of amides is 4. The Morgan fingerprint density at radius 1 is 1.21 bits per heavy atom. The Bertz CT molecular complexity index is 746. The molecule has 2 aliphatic rings. The average Bonchev–Trinajstić information content (AvgIpc) is 2.88. The molecule has 1 heterocycles. The van der Waals surface area contributed by atoms with Crippen molar-refractivity contribution in [1.29, 1.82) is 0 Å². The van der Waals surface area contributed by atoms with E-state index >= 15 is 0 Å². The zero-order chi connectivity index (χ0) is 20.3. The normalized spacial score (nSPS) is 27.6. The van der Waals surface area contributed by atoms with E-state index in [0.717, 1.165) is 42.6 Å². The standard InChI is InChI=1S/C22H31N3O3/c1-4-7-16-10-12-17(13-11-16)22(3)20(27)25(21(28)24-22)14-19(26)23-18-9-6-5-8-15(18)2/h10-13,15,18H,4-9,14H2,1-3H3,(H,23,26)(H,24,28)/t15-,18+,22-/m0/s1. The Labute approximate surface area is 167 Å². The van der Waals surface area contributed by atoms with Gasteiger partial charge in [-0.1, -0.05) is 57.4 Å². The van der Waals surface area contributed by atoms with Gasteiger partial charge in [-0.2, -0.15) is 0 Å². The van der Waals surface area contributed by atoms with Gasteiger partial charge in [0.05, 0.1) is 0 Å². The van der Waals surface area contributed by atoms with Crippen molar-refractivity contribution in [2.75, 3.05) is 6.54 Å². The van der Waals surface area contributed by atoms with Gasteiger partial charge in [0.2, 0.25) is 5.91 Å². The highest BCUT2D eigenvalue weighted by molar-refractivity contribution is 6.09. The number of rotatable bonds is 6. The highest BCUT2D eigenvalue weighted by atomic mass is 16.2. The molecular formula is C22H31N3O3. The first kappa shape index (κ1) is 20.4.